The van der Waals surface area contributed by atoms with E-state index in [0.29, 0.717) is 5.69 Å². The van der Waals surface area contributed by atoms with Crippen molar-refractivity contribution in [2.45, 2.75) is 38.8 Å². The van der Waals surface area contributed by atoms with E-state index >= 15 is 0 Å². The summed E-state index contributed by atoms with van der Waals surface area (Å²) in [5.41, 5.74) is 5.32. The van der Waals surface area contributed by atoms with Gasteiger partial charge in [0.25, 0.3) is 5.91 Å². The minimum Gasteiger partial charge on any atom is -0.480 e. The van der Waals surface area contributed by atoms with E-state index in [1.807, 2.05) is 20.8 Å². The number of carbonyl (C=O) groups excluding carboxylic acids is 2. The Balaban J connectivity index is 2.64. The average Bonchev–Trinajstić information content (AvgIpc) is 2.44. The zero-order chi connectivity index (χ0) is 18.3. The van der Waals surface area contributed by atoms with E-state index in [-0.39, 0.29) is 24.2 Å². The Kier molecular flexibility index (Phi) is 6.72. The maximum atomic E-state index is 12.1. The zero-order valence-corrected chi connectivity index (χ0v) is 14.0. The maximum Gasteiger partial charge on any atom is 0.326 e. The number of ether oxygens (including phenoxy) is 1. The molecule has 1 atom stereocenters. The van der Waals surface area contributed by atoms with Gasteiger partial charge in [-0.15, -0.1) is 0 Å². The van der Waals surface area contributed by atoms with Gasteiger partial charge in [-0.3, -0.25) is 4.79 Å². The van der Waals surface area contributed by atoms with Crippen LogP contribution in [0.4, 0.5) is 10.5 Å². The van der Waals surface area contributed by atoms with Crippen LogP contribution >= 0.6 is 0 Å². The van der Waals surface area contributed by atoms with Gasteiger partial charge in [0.05, 0.1) is 5.60 Å². The molecule has 1 unspecified atom stereocenters. The second kappa shape index (κ2) is 8.30. The normalized spacial score (nSPS) is 12.3. The van der Waals surface area contributed by atoms with Gasteiger partial charge in [-0.1, -0.05) is 0 Å². The Bertz CT molecular complexity index is 593. The summed E-state index contributed by atoms with van der Waals surface area (Å²) in [7, 11) is 0. The van der Waals surface area contributed by atoms with Crippen LogP contribution in [0.15, 0.2) is 24.3 Å². The molecule has 8 nitrogen and oxygen atoms in total. The molecule has 132 valence electrons. The van der Waals surface area contributed by atoms with Crippen LogP contribution in [0.25, 0.3) is 0 Å². The Morgan fingerprint density at radius 2 is 1.79 bits per heavy atom. The van der Waals surface area contributed by atoms with E-state index in [1.54, 1.807) is 0 Å². The molecule has 1 rings (SSSR count). The largest absolute Gasteiger partial charge is 0.480 e. The van der Waals surface area contributed by atoms with Gasteiger partial charge in [0.2, 0.25) is 0 Å². The second-order valence-electron chi connectivity index (χ2n) is 6.18. The van der Waals surface area contributed by atoms with Crippen molar-refractivity contribution >= 4 is 23.6 Å². The number of carboxylic acids is 1. The number of hydrogen-bond acceptors (Lipinski definition) is 4. The number of nitrogens with two attached hydrogens (primary N) is 1. The highest BCUT2D eigenvalue weighted by atomic mass is 16.5. The molecule has 0 radical (unpaired) electrons. The molecule has 0 saturated heterocycles. The van der Waals surface area contributed by atoms with Crippen molar-refractivity contribution in [2.24, 2.45) is 5.73 Å². The topological polar surface area (TPSA) is 131 Å². The number of carboxylic acid groups (broad SMARTS) is 1. The highest BCUT2D eigenvalue weighted by molar-refractivity contribution is 5.97. The number of nitrogens with one attached hydrogen (secondary N) is 2. The van der Waals surface area contributed by atoms with Crippen LogP contribution in [0.3, 0.4) is 0 Å². The van der Waals surface area contributed by atoms with E-state index in [2.05, 4.69) is 10.6 Å². The van der Waals surface area contributed by atoms with E-state index in [0.717, 1.165) is 0 Å². The monoisotopic (exact) mass is 337 g/mol. The lowest BCUT2D eigenvalue weighted by Crippen LogP contribution is -2.42. The number of amides is 3. The second-order valence-corrected chi connectivity index (χ2v) is 6.18. The number of hydrogen-bond donors (Lipinski definition) is 4. The molecule has 0 aromatic heterocycles. The Morgan fingerprint density at radius 1 is 1.21 bits per heavy atom. The molecule has 0 fully saturated rings. The summed E-state index contributed by atoms with van der Waals surface area (Å²) in [6, 6.07) is 4.16. The molecule has 1 aromatic carbocycles. The standard InChI is InChI=1S/C16H23N3O5/c1-16(2,3)24-9-8-12(14(21)22)19-13(20)10-4-6-11(7-5-10)18-15(17)23/h4-7,12H,8-9H2,1-3H3,(H,19,20)(H,21,22)(H3,17,18,23). The van der Waals surface area contributed by atoms with Gasteiger partial charge in [0.15, 0.2) is 0 Å². The Hall–Kier alpha value is -2.61. The van der Waals surface area contributed by atoms with Gasteiger partial charge >= 0.3 is 12.0 Å². The third kappa shape index (κ3) is 7.10. The summed E-state index contributed by atoms with van der Waals surface area (Å²) in [4.78, 5) is 34.1. The number of aliphatic carboxylic acids is 1. The first-order valence-electron chi connectivity index (χ1n) is 7.42. The van der Waals surface area contributed by atoms with Gasteiger partial charge in [0, 0.05) is 24.3 Å². The molecular weight excluding hydrogens is 314 g/mol. The van der Waals surface area contributed by atoms with Crippen molar-refractivity contribution in [3.63, 3.8) is 0 Å². The summed E-state index contributed by atoms with van der Waals surface area (Å²) < 4.78 is 5.48. The lowest BCUT2D eigenvalue weighted by atomic mass is 10.1. The van der Waals surface area contributed by atoms with Crippen LogP contribution in [0.5, 0.6) is 0 Å². The van der Waals surface area contributed by atoms with E-state index in [4.69, 9.17) is 10.5 Å². The van der Waals surface area contributed by atoms with Crippen molar-refractivity contribution in [3.8, 4) is 0 Å². The fourth-order valence-corrected chi connectivity index (χ4v) is 1.83. The highest BCUT2D eigenvalue weighted by Gasteiger charge is 2.21. The zero-order valence-electron chi connectivity index (χ0n) is 14.0. The third-order valence-electron chi connectivity index (χ3n) is 2.96. The molecule has 0 aliphatic heterocycles. The molecule has 0 bridgehead atoms. The number of urea groups is 1. The molecule has 0 saturated carbocycles. The quantitative estimate of drug-likeness (QED) is 0.600. The predicted molar refractivity (Wildman–Crippen MR) is 88.9 cm³/mol. The van der Waals surface area contributed by atoms with Gasteiger partial charge < -0.3 is 26.2 Å². The molecule has 0 aliphatic carbocycles. The fraction of sp³-hybridized carbons (Fsp3) is 0.438. The first kappa shape index (κ1) is 19.4. The summed E-state index contributed by atoms with van der Waals surface area (Å²) in [6.45, 7) is 5.80. The van der Waals surface area contributed by atoms with Crippen LogP contribution in [0.2, 0.25) is 0 Å². The first-order chi connectivity index (χ1) is 11.1. The van der Waals surface area contributed by atoms with Gasteiger partial charge in [-0.2, -0.15) is 0 Å². The van der Waals surface area contributed by atoms with Crippen molar-refractivity contribution in [2.75, 3.05) is 11.9 Å². The van der Waals surface area contributed by atoms with Crippen LogP contribution < -0.4 is 16.4 Å². The molecule has 24 heavy (non-hydrogen) atoms. The first-order valence-corrected chi connectivity index (χ1v) is 7.42. The van der Waals surface area contributed by atoms with Gasteiger partial charge in [0.1, 0.15) is 6.04 Å². The van der Waals surface area contributed by atoms with Crippen LogP contribution in [0.1, 0.15) is 37.6 Å². The molecule has 1 aromatic rings. The van der Waals surface area contributed by atoms with Crippen molar-refractivity contribution in [1.29, 1.82) is 0 Å². The van der Waals surface area contributed by atoms with Crippen LogP contribution in [-0.4, -0.2) is 41.3 Å². The van der Waals surface area contributed by atoms with Crippen LogP contribution in [-0.2, 0) is 9.53 Å². The molecule has 8 heteroatoms. The SMILES string of the molecule is CC(C)(C)OCCC(NC(=O)c1ccc(NC(N)=O)cc1)C(=O)O. The summed E-state index contributed by atoms with van der Waals surface area (Å²) in [6.07, 6.45) is 0.152. The minimum atomic E-state index is -1.13. The van der Waals surface area contributed by atoms with Crippen molar-refractivity contribution < 1.29 is 24.2 Å². The minimum absolute atomic E-state index is 0.152. The lowest BCUT2D eigenvalue weighted by molar-refractivity contribution is -0.140. The number of benzene rings is 1. The highest BCUT2D eigenvalue weighted by Crippen LogP contribution is 2.11. The van der Waals surface area contributed by atoms with Crippen LogP contribution in [0, 0.1) is 0 Å². The summed E-state index contributed by atoms with van der Waals surface area (Å²) in [5, 5.41) is 14.0. The van der Waals surface area contributed by atoms with Gasteiger partial charge in [-0.05, 0) is 45.0 Å². The molecule has 0 heterocycles. The molecule has 3 amide bonds. The van der Waals surface area contributed by atoms with E-state index in [9.17, 15) is 19.5 Å². The number of anilines is 1. The molecule has 0 spiro atoms. The molecule has 0 aliphatic rings. The number of rotatable bonds is 7. The average molecular weight is 337 g/mol. The summed E-state index contributed by atoms with van der Waals surface area (Å²) >= 11 is 0. The maximum absolute atomic E-state index is 12.1. The van der Waals surface area contributed by atoms with E-state index in [1.165, 1.54) is 24.3 Å². The van der Waals surface area contributed by atoms with Crippen molar-refractivity contribution in [1.82, 2.24) is 5.32 Å². The Morgan fingerprint density at radius 3 is 2.25 bits per heavy atom. The van der Waals surface area contributed by atoms with E-state index < -0.39 is 23.9 Å². The number of primary amides is 1. The summed E-state index contributed by atoms with van der Waals surface area (Å²) in [5.74, 6) is -1.66. The lowest BCUT2D eigenvalue weighted by Gasteiger charge is -2.21. The Labute approximate surface area is 140 Å². The molecule has 5 N–H and O–H groups in total. The van der Waals surface area contributed by atoms with Crippen molar-refractivity contribution in [3.05, 3.63) is 29.8 Å². The smallest absolute Gasteiger partial charge is 0.326 e. The third-order valence-corrected chi connectivity index (χ3v) is 2.96. The fourth-order valence-electron chi connectivity index (χ4n) is 1.83. The number of carbonyl (C=O) groups is 3. The predicted octanol–water partition coefficient (Wildman–Crippen LogP) is 1.57. The molecular formula is C16H23N3O5. The van der Waals surface area contributed by atoms with Gasteiger partial charge in [-0.25, -0.2) is 9.59 Å².